The standard InChI is InChI=1S/C12H15Br2N3O2/c1-2-17(6-5-11(15)16-19)12(18)9-7-8(13)3-4-10(9)14/h3-4,7,19H,2,5-6H2,1H3,(H2,15,16). The number of halogens is 2. The Bertz CT molecular complexity index is 492. The summed E-state index contributed by atoms with van der Waals surface area (Å²) < 4.78 is 1.58. The average molecular weight is 393 g/mol. The van der Waals surface area contributed by atoms with Crippen molar-refractivity contribution in [2.45, 2.75) is 13.3 Å². The van der Waals surface area contributed by atoms with Crippen LogP contribution in [-0.2, 0) is 0 Å². The van der Waals surface area contributed by atoms with Crippen molar-refractivity contribution in [1.82, 2.24) is 4.90 Å². The molecule has 0 spiro atoms. The minimum atomic E-state index is -0.0959. The minimum absolute atomic E-state index is 0.0959. The van der Waals surface area contributed by atoms with E-state index in [1.165, 1.54) is 0 Å². The molecule has 19 heavy (non-hydrogen) atoms. The number of benzene rings is 1. The molecule has 0 heterocycles. The van der Waals surface area contributed by atoms with Crippen LogP contribution in [0.3, 0.4) is 0 Å². The van der Waals surface area contributed by atoms with Gasteiger partial charge >= 0.3 is 0 Å². The molecule has 7 heteroatoms. The first kappa shape index (κ1) is 16.0. The van der Waals surface area contributed by atoms with Crippen LogP contribution in [0.15, 0.2) is 32.3 Å². The summed E-state index contributed by atoms with van der Waals surface area (Å²) in [5.74, 6) is 0.0148. The van der Waals surface area contributed by atoms with Crippen molar-refractivity contribution in [1.29, 1.82) is 0 Å². The summed E-state index contributed by atoms with van der Waals surface area (Å²) in [5.41, 5.74) is 5.99. The van der Waals surface area contributed by atoms with Crippen molar-refractivity contribution >= 4 is 43.6 Å². The van der Waals surface area contributed by atoms with E-state index in [4.69, 9.17) is 10.9 Å². The zero-order valence-corrected chi connectivity index (χ0v) is 13.6. The fraction of sp³-hybridized carbons (Fsp3) is 0.333. The topological polar surface area (TPSA) is 78.9 Å². The highest BCUT2D eigenvalue weighted by molar-refractivity contribution is 9.11. The first-order valence-electron chi connectivity index (χ1n) is 5.70. The van der Waals surface area contributed by atoms with Gasteiger partial charge in [0.2, 0.25) is 0 Å². The molecule has 0 aromatic heterocycles. The van der Waals surface area contributed by atoms with Crippen LogP contribution in [-0.4, -0.2) is 34.9 Å². The third kappa shape index (κ3) is 4.50. The smallest absolute Gasteiger partial charge is 0.255 e. The van der Waals surface area contributed by atoms with Crippen LogP contribution in [0.2, 0.25) is 0 Å². The highest BCUT2D eigenvalue weighted by atomic mass is 79.9. The Hall–Kier alpha value is -1.08. The molecule has 104 valence electrons. The molecule has 0 saturated heterocycles. The molecule has 0 saturated carbocycles. The molecule has 1 aromatic carbocycles. The maximum Gasteiger partial charge on any atom is 0.255 e. The van der Waals surface area contributed by atoms with E-state index in [2.05, 4.69) is 37.0 Å². The van der Waals surface area contributed by atoms with Gasteiger partial charge in [0.15, 0.2) is 0 Å². The van der Waals surface area contributed by atoms with E-state index >= 15 is 0 Å². The number of amidine groups is 1. The quantitative estimate of drug-likeness (QED) is 0.350. The van der Waals surface area contributed by atoms with Gasteiger partial charge in [0.05, 0.1) is 5.56 Å². The molecule has 5 nitrogen and oxygen atoms in total. The summed E-state index contributed by atoms with van der Waals surface area (Å²) in [6, 6.07) is 5.43. The number of oxime groups is 1. The van der Waals surface area contributed by atoms with Gasteiger partial charge in [0.25, 0.3) is 5.91 Å². The molecule has 0 aliphatic heterocycles. The van der Waals surface area contributed by atoms with Crippen LogP contribution in [0.4, 0.5) is 0 Å². The Morgan fingerprint density at radius 1 is 1.47 bits per heavy atom. The van der Waals surface area contributed by atoms with Crippen molar-refractivity contribution < 1.29 is 10.0 Å². The molecule has 1 aromatic rings. The monoisotopic (exact) mass is 391 g/mol. The summed E-state index contributed by atoms with van der Waals surface area (Å²) >= 11 is 6.71. The first-order chi connectivity index (χ1) is 8.99. The van der Waals surface area contributed by atoms with Crippen LogP contribution in [0.25, 0.3) is 0 Å². The number of nitrogens with two attached hydrogens (primary N) is 1. The largest absolute Gasteiger partial charge is 0.409 e. The normalized spacial score (nSPS) is 11.4. The molecule has 0 aliphatic rings. The summed E-state index contributed by atoms with van der Waals surface area (Å²) in [7, 11) is 0. The van der Waals surface area contributed by atoms with Crippen molar-refractivity contribution in [3.8, 4) is 0 Å². The molecular weight excluding hydrogens is 378 g/mol. The van der Waals surface area contributed by atoms with Crippen molar-refractivity contribution in [2.24, 2.45) is 10.9 Å². The summed E-state index contributed by atoms with van der Waals surface area (Å²) in [6.45, 7) is 2.84. The number of carbonyl (C=O) groups excluding carboxylic acids is 1. The lowest BCUT2D eigenvalue weighted by Crippen LogP contribution is -2.34. The zero-order chi connectivity index (χ0) is 14.4. The fourth-order valence-corrected chi connectivity index (χ4v) is 2.31. The number of rotatable bonds is 5. The molecule has 0 aliphatic carbocycles. The van der Waals surface area contributed by atoms with Crippen molar-refractivity contribution in [3.63, 3.8) is 0 Å². The number of amides is 1. The van der Waals surface area contributed by atoms with E-state index in [-0.39, 0.29) is 11.7 Å². The number of carbonyl (C=O) groups is 1. The van der Waals surface area contributed by atoms with E-state index in [1.54, 1.807) is 11.0 Å². The van der Waals surface area contributed by atoms with E-state index < -0.39 is 0 Å². The van der Waals surface area contributed by atoms with Crippen LogP contribution < -0.4 is 5.73 Å². The Morgan fingerprint density at radius 3 is 2.74 bits per heavy atom. The van der Waals surface area contributed by atoms with Gasteiger partial charge in [-0.15, -0.1) is 0 Å². The molecular formula is C12H15Br2N3O2. The first-order valence-corrected chi connectivity index (χ1v) is 7.29. The van der Waals surface area contributed by atoms with E-state index in [0.717, 1.165) is 8.95 Å². The molecule has 0 unspecified atom stereocenters. The third-order valence-corrected chi connectivity index (χ3v) is 3.78. The van der Waals surface area contributed by atoms with Crippen LogP contribution >= 0.6 is 31.9 Å². The van der Waals surface area contributed by atoms with Gasteiger partial charge in [-0.05, 0) is 41.1 Å². The molecule has 1 amide bonds. The second kappa shape index (κ2) is 7.49. The van der Waals surface area contributed by atoms with Gasteiger partial charge in [-0.25, -0.2) is 0 Å². The Labute approximate surface area is 128 Å². The van der Waals surface area contributed by atoms with Gasteiger partial charge in [-0.2, -0.15) is 0 Å². The van der Waals surface area contributed by atoms with E-state index in [9.17, 15) is 4.79 Å². The molecule has 0 atom stereocenters. The van der Waals surface area contributed by atoms with Crippen molar-refractivity contribution in [2.75, 3.05) is 13.1 Å². The minimum Gasteiger partial charge on any atom is -0.409 e. The number of hydrogen-bond donors (Lipinski definition) is 2. The average Bonchev–Trinajstić information content (AvgIpc) is 2.41. The highest BCUT2D eigenvalue weighted by Crippen LogP contribution is 2.23. The molecule has 1 rings (SSSR count). The van der Waals surface area contributed by atoms with Crippen LogP contribution in [0.1, 0.15) is 23.7 Å². The van der Waals surface area contributed by atoms with E-state index in [0.29, 0.717) is 25.1 Å². The lowest BCUT2D eigenvalue weighted by Gasteiger charge is -2.21. The Morgan fingerprint density at radius 2 is 2.16 bits per heavy atom. The van der Waals surface area contributed by atoms with Crippen LogP contribution in [0.5, 0.6) is 0 Å². The van der Waals surface area contributed by atoms with Gasteiger partial charge in [-0.3, -0.25) is 4.79 Å². The summed E-state index contributed by atoms with van der Waals surface area (Å²) in [4.78, 5) is 14.0. The number of nitrogens with zero attached hydrogens (tertiary/aromatic N) is 2. The lowest BCUT2D eigenvalue weighted by molar-refractivity contribution is 0.0767. The van der Waals surface area contributed by atoms with E-state index in [1.807, 2.05) is 19.1 Å². The van der Waals surface area contributed by atoms with Crippen LogP contribution in [0, 0.1) is 0 Å². The molecule has 0 radical (unpaired) electrons. The predicted octanol–water partition coefficient (Wildman–Crippen LogP) is 2.81. The highest BCUT2D eigenvalue weighted by Gasteiger charge is 2.17. The molecule has 0 fully saturated rings. The maximum atomic E-state index is 12.4. The third-order valence-electron chi connectivity index (χ3n) is 2.59. The van der Waals surface area contributed by atoms with Gasteiger partial charge in [0.1, 0.15) is 5.84 Å². The second-order valence-electron chi connectivity index (χ2n) is 3.85. The number of hydrogen-bond acceptors (Lipinski definition) is 3. The van der Waals surface area contributed by atoms with Gasteiger partial charge in [-0.1, -0.05) is 21.1 Å². The Kier molecular flexibility index (Phi) is 6.30. The summed E-state index contributed by atoms with van der Waals surface area (Å²) in [6.07, 6.45) is 0.335. The molecule has 3 N–H and O–H groups in total. The maximum absolute atomic E-state index is 12.4. The predicted molar refractivity (Wildman–Crippen MR) is 81.4 cm³/mol. The van der Waals surface area contributed by atoms with Gasteiger partial charge in [0, 0.05) is 28.5 Å². The van der Waals surface area contributed by atoms with Crippen molar-refractivity contribution in [3.05, 3.63) is 32.7 Å². The SMILES string of the molecule is CCN(CC/C(N)=N/O)C(=O)c1cc(Br)ccc1Br. The zero-order valence-electron chi connectivity index (χ0n) is 10.4. The summed E-state index contributed by atoms with van der Waals surface area (Å²) in [5, 5.41) is 11.4. The fourth-order valence-electron chi connectivity index (χ4n) is 1.53. The Balaban J connectivity index is 2.86. The second-order valence-corrected chi connectivity index (χ2v) is 5.62. The van der Waals surface area contributed by atoms with Gasteiger partial charge < -0.3 is 15.8 Å². The molecule has 0 bridgehead atoms. The lowest BCUT2D eigenvalue weighted by atomic mass is 10.2.